The maximum atomic E-state index is 6.13. The Morgan fingerprint density at radius 1 is 1.48 bits per heavy atom. The lowest BCUT2D eigenvalue weighted by molar-refractivity contribution is 0.0914. The molecule has 1 aromatic heterocycles. The molecule has 4 unspecified atom stereocenters. The van der Waals surface area contributed by atoms with Gasteiger partial charge in [0, 0.05) is 25.0 Å². The lowest BCUT2D eigenvalue weighted by atomic mass is 10.0. The predicted molar refractivity (Wildman–Crippen MR) is 85.3 cm³/mol. The zero-order valence-corrected chi connectivity index (χ0v) is 13.6. The van der Waals surface area contributed by atoms with Crippen LogP contribution in [0.3, 0.4) is 0 Å². The number of hydrogen-bond donors (Lipinski definition) is 1. The third-order valence-corrected chi connectivity index (χ3v) is 5.34. The van der Waals surface area contributed by atoms with Gasteiger partial charge in [-0.25, -0.2) is 0 Å². The van der Waals surface area contributed by atoms with Crippen molar-refractivity contribution in [2.24, 2.45) is 11.7 Å². The van der Waals surface area contributed by atoms with Crippen molar-refractivity contribution in [3.63, 3.8) is 0 Å². The molecule has 2 heterocycles. The van der Waals surface area contributed by atoms with Gasteiger partial charge in [-0.2, -0.15) is 0 Å². The number of piperidine rings is 1. The summed E-state index contributed by atoms with van der Waals surface area (Å²) in [5.41, 5.74) is 6.06. The van der Waals surface area contributed by atoms with E-state index in [1.807, 2.05) is 0 Å². The molecule has 0 radical (unpaired) electrons. The molecule has 0 amide bonds. The Bertz CT molecular complexity index is 472. The normalized spacial score (nSPS) is 31.6. The van der Waals surface area contributed by atoms with E-state index >= 15 is 0 Å². The zero-order chi connectivity index (χ0) is 15.0. The monoisotopic (exact) mass is 291 g/mol. The number of nitrogens with zero attached hydrogens (tertiary/aromatic N) is 2. The van der Waals surface area contributed by atoms with E-state index in [1.54, 1.807) is 0 Å². The molecule has 1 saturated heterocycles. The lowest BCUT2D eigenvalue weighted by Crippen LogP contribution is -2.47. The van der Waals surface area contributed by atoms with Gasteiger partial charge in [-0.3, -0.25) is 4.90 Å². The van der Waals surface area contributed by atoms with Crippen molar-refractivity contribution < 1.29 is 4.42 Å². The van der Waals surface area contributed by atoms with E-state index in [1.165, 1.54) is 25.8 Å². The molecule has 0 bridgehead atoms. The maximum absolute atomic E-state index is 6.13. The van der Waals surface area contributed by atoms with Crippen LogP contribution in [-0.2, 0) is 0 Å². The standard InChI is InChI=1S/C17H29N3O/c1-12-9-14(12)16-6-7-17(21-16)15(10-18)20(3)13-5-4-8-19(2)11-13/h6-7,12-15H,4-5,8-11,18H2,1-3H3. The van der Waals surface area contributed by atoms with Crippen LogP contribution in [0.5, 0.6) is 0 Å². The lowest BCUT2D eigenvalue weighted by Gasteiger charge is -2.39. The predicted octanol–water partition coefficient (Wildman–Crippen LogP) is 2.43. The second-order valence-electron chi connectivity index (χ2n) is 7.03. The van der Waals surface area contributed by atoms with Gasteiger partial charge < -0.3 is 15.1 Å². The number of nitrogens with two attached hydrogens (primary N) is 1. The summed E-state index contributed by atoms with van der Waals surface area (Å²) in [6.07, 6.45) is 3.79. The second-order valence-corrected chi connectivity index (χ2v) is 7.03. The fourth-order valence-electron chi connectivity index (χ4n) is 3.67. The molecule has 4 atom stereocenters. The van der Waals surface area contributed by atoms with Gasteiger partial charge >= 0.3 is 0 Å². The van der Waals surface area contributed by atoms with Crippen molar-refractivity contribution in [2.45, 2.75) is 44.2 Å². The minimum absolute atomic E-state index is 0.198. The van der Waals surface area contributed by atoms with Gasteiger partial charge in [0.1, 0.15) is 11.5 Å². The Labute approximate surface area is 128 Å². The average Bonchev–Trinajstić information content (AvgIpc) is 3.00. The van der Waals surface area contributed by atoms with Crippen molar-refractivity contribution in [1.29, 1.82) is 0 Å². The van der Waals surface area contributed by atoms with E-state index < -0.39 is 0 Å². The van der Waals surface area contributed by atoms with E-state index in [4.69, 9.17) is 10.2 Å². The summed E-state index contributed by atoms with van der Waals surface area (Å²) in [6.45, 7) is 5.24. The summed E-state index contributed by atoms with van der Waals surface area (Å²) in [6, 6.07) is 5.07. The molecule has 21 heavy (non-hydrogen) atoms. The molecule has 2 N–H and O–H groups in total. The third kappa shape index (κ3) is 3.17. The minimum Gasteiger partial charge on any atom is -0.464 e. The van der Waals surface area contributed by atoms with Gasteiger partial charge in [0.05, 0.1) is 6.04 Å². The SMILES string of the molecule is CC1CC1c1ccc(C(CN)N(C)C2CCCN(C)C2)o1. The van der Waals surface area contributed by atoms with Crippen molar-refractivity contribution in [3.05, 3.63) is 23.7 Å². The zero-order valence-electron chi connectivity index (χ0n) is 13.6. The molecule has 1 aromatic rings. The van der Waals surface area contributed by atoms with Crippen LogP contribution in [-0.4, -0.2) is 49.6 Å². The highest BCUT2D eigenvalue weighted by atomic mass is 16.3. The van der Waals surface area contributed by atoms with Crippen LogP contribution < -0.4 is 5.73 Å². The summed E-state index contributed by atoms with van der Waals surface area (Å²) in [5, 5.41) is 0. The van der Waals surface area contributed by atoms with Crippen molar-refractivity contribution in [1.82, 2.24) is 9.80 Å². The average molecular weight is 291 g/mol. The molecule has 4 heteroatoms. The molecule has 1 aliphatic carbocycles. The number of likely N-dealkylation sites (tertiary alicyclic amines) is 1. The molecule has 1 aliphatic heterocycles. The third-order valence-electron chi connectivity index (χ3n) is 5.34. The first kappa shape index (κ1) is 15.1. The molecule has 4 nitrogen and oxygen atoms in total. The number of likely N-dealkylation sites (N-methyl/N-ethyl adjacent to an activating group) is 2. The van der Waals surface area contributed by atoms with Crippen LogP contribution in [0, 0.1) is 5.92 Å². The summed E-state index contributed by atoms with van der Waals surface area (Å²) in [5.74, 6) is 3.63. The van der Waals surface area contributed by atoms with E-state index in [0.29, 0.717) is 18.5 Å². The number of rotatable bonds is 5. The quantitative estimate of drug-likeness (QED) is 0.905. The highest BCUT2D eigenvalue weighted by molar-refractivity contribution is 5.19. The van der Waals surface area contributed by atoms with Crippen LogP contribution in [0.1, 0.15) is 49.7 Å². The summed E-state index contributed by atoms with van der Waals surface area (Å²) < 4.78 is 6.13. The minimum atomic E-state index is 0.198. The van der Waals surface area contributed by atoms with Gasteiger partial charge in [0.25, 0.3) is 0 Å². The first-order chi connectivity index (χ1) is 10.1. The van der Waals surface area contributed by atoms with Crippen LogP contribution in [0.4, 0.5) is 0 Å². The fraction of sp³-hybridized carbons (Fsp3) is 0.765. The Morgan fingerprint density at radius 3 is 2.86 bits per heavy atom. The van der Waals surface area contributed by atoms with Gasteiger partial charge in [-0.05, 0) is 58.0 Å². The Balaban J connectivity index is 1.69. The highest BCUT2D eigenvalue weighted by Gasteiger charge is 2.37. The van der Waals surface area contributed by atoms with E-state index in [0.717, 1.165) is 24.0 Å². The molecule has 118 valence electrons. The molecule has 2 aliphatic rings. The van der Waals surface area contributed by atoms with Gasteiger partial charge in [0.2, 0.25) is 0 Å². The Morgan fingerprint density at radius 2 is 2.24 bits per heavy atom. The molecule has 3 rings (SSSR count). The van der Waals surface area contributed by atoms with Crippen LogP contribution in [0.15, 0.2) is 16.5 Å². The molecule has 2 fully saturated rings. The topological polar surface area (TPSA) is 45.6 Å². The summed E-state index contributed by atoms with van der Waals surface area (Å²) >= 11 is 0. The van der Waals surface area contributed by atoms with E-state index in [9.17, 15) is 0 Å². The van der Waals surface area contributed by atoms with E-state index in [-0.39, 0.29) is 6.04 Å². The smallest absolute Gasteiger partial charge is 0.122 e. The Kier molecular flexibility index (Phi) is 4.38. The van der Waals surface area contributed by atoms with Crippen LogP contribution >= 0.6 is 0 Å². The maximum Gasteiger partial charge on any atom is 0.122 e. The number of hydrogen-bond acceptors (Lipinski definition) is 4. The second kappa shape index (κ2) is 6.11. The molecule has 1 saturated carbocycles. The highest BCUT2D eigenvalue weighted by Crippen LogP contribution is 2.47. The Hall–Kier alpha value is -0.840. The summed E-state index contributed by atoms with van der Waals surface area (Å²) in [7, 11) is 4.40. The van der Waals surface area contributed by atoms with Crippen molar-refractivity contribution in [2.75, 3.05) is 33.7 Å². The first-order valence-electron chi connectivity index (χ1n) is 8.30. The molecule has 0 aromatic carbocycles. The fourth-order valence-corrected chi connectivity index (χ4v) is 3.67. The van der Waals surface area contributed by atoms with Crippen molar-refractivity contribution in [3.8, 4) is 0 Å². The molecular weight excluding hydrogens is 262 g/mol. The van der Waals surface area contributed by atoms with Gasteiger partial charge in [-0.1, -0.05) is 6.92 Å². The van der Waals surface area contributed by atoms with Gasteiger partial charge in [-0.15, -0.1) is 0 Å². The molecular formula is C17H29N3O. The first-order valence-corrected chi connectivity index (χ1v) is 8.30. The van der Waals surface area contributed by atoms with Crippen molar-refractivity contribution >= 4 is 0 Å². The van der Waals surface area contributed by atoms with Crippen LogP contribution in [0.25, 0.3) is 0 Å². The number of furan rings is 1. The van der Waals surface area contributed by atoms with Crippen LogP contribution in [0.2, 0.25) is 0 Å². The summed E-state index contributed by atoms with van der Waals surface area (Å²) in [4.78, 5) is 4.84. The van der Waals surface area contributed by atoms with E-state index in [2.05, 4.69) is 43.0 Å². The molecule has 0 spiro atoms. The largest absolute Gasteiger partial charge is 0.464 e. The van der Waals surface area contributed by atoms with Gasteiger partial charge in [0.15, 0.2) is 0 Å².